The van der Waals surface area contributed by atoms with E-state index in [9.17, 15) is 0 Å². The Bertz CT molecular complexity index is 652. The number of hydrogen-bond donors (Lipinski definition) is 0. The molecule has 0 spiro atoms. The first-order valence-corrected chi connectivity index (χ1v) is 9.21. The van der Waals surface area contributed by atoms with Crippen LogP contribution in [0.2, 0.25) is 5.02 Å². The summed E-state index contributed by atoms with van der Waals surface area (Å²) in [6.07, 6.45) is 0. The summed E-state index contributed by atoms with van der Waals surface area (Å²) >= 11 is 9.98. The van der Waals surface area contributed by atoms with Gasteiger partial charge in [0, 0.05) is 33.8 Å². The van der Waals surface area contributed by atoms with E-state index < -0.39 is 5.79 Å². The molecule has 0 aliphatic carbocycles. The van der Waals surface area contributed by atoms with Gasteiger partial charge in [0.25, 0.3) is 0 Å². The average molecular weight is 414 g/mol. The summed E-state index contributed by atoms with van der Waals surface area (Å²) in [5.41, 5.74) is 1.64. The van der Waals surface area contributed by atoms with Gasteiger partial charge >= 0.3 is 0 Å². The highest BCUT2D eigenvalue weighted by Crippen LogP contribution is 2.40. The summed E-state index contributed by atoms with van der Waals surface area (Å²) < 4.78 is 18.7. The van der Waals surface area contributed by atoms with Crippen molar-refractivity contribution in [3.05, 3.63) is 63.1 Å². The molecule has 0 saturated carbocycles. The second-order valence-electron chi connectivity index (χ2n) is 5.06. The molecule has 130 valence electrons. The molecule has 0 heterocycles. The highest BCUT2D eigenvalue weighted by Gasteiger charge is 2.38. The maximum absolute atomic E-state index is 6.48. The summed E-state index contributed by atoms with van der Waals surface area (Å²) in [5, 5.41) is 0.592. The Hall–Kier alpha value is -1.07. The van der Waals surface area contributed by atoms with Gasteiger partial charge in [-0.25, -0.2) is 0 Å². The molecule has 0 aliphatic heterocycles. The van der Waals surface area contributed by atoms with Crippen LogP contribution in [-0.2, 0) is 15.3 Å². The van der Waals surface area contributed by atoms with Gasteiger partial charge in [0.05, 0.1) is 6.61 Å². The minimum Gasteiger partial charge on any atom is -0.494 e. The van der Waals surface area contributed by atoms with Crippen LogP contribution in [0.4, 0.5) is 0 Å². The maximum Gasteiger partial charge on any atom is 0.223 e. The molecule has 0 saturated heterocycles. The molecule has 2 aromatic rings. The van der Waals surface area contributed by atoms with Gasteiger partial charge in [0.15, 0.2) is 0 Å². The molecule has 0 aromatic heterocycles. The average Bonchev–Trinajstić information content (AvgIpc) is 2.58. The lowest BCUT2D eigenvalue weighted by Crippen LogP contribution is -2.35. The highest BCUT2D eigenvalue weighted by atomic mass is 79.9. The smallest absolute Gasteiger partial charge is 0.223 e. The molecule has 24 heavy (non-hydrogen) atoms. The zero-order chi connectivity index (χ0) is 17.6. The Kier molecular flexibility index (Phi) is 7.11. The number of rotatable bonds is 8. The molecule has 0 unspecified atom stereocenters. The van der Waals surface area contributed by atoms with Crippen LogP contribution < -0.4 is 4.74 Å². The van der Waals surface area contributed by atoms with E-state index in [0.717, 1.165) is 21.3 Å². The summed E-state index contributed by atoms with van der Waals surface area (Å²) in [5.74, 6) is -0.252. The number of halogens is 2. The van der Waals surface area contributed by atoms with Crippen molar-refractivity contribution in [3.63, 3.8) is 0 Å². The van der Waals surface area contributed by atoms with E-state index in [1.165, 1.54) is 0 Å². The summed E-state index contributed by atoms with van der Waals surface area (Å²) in [6, 6.07) is 13.4. The second kappa shape index (κ2) is 8.86. The first-order chi connectivity index (χ1) is 11.6. The Morgan fingerprint density at radius 2 is 1.54 bits per heavy atom. The van der Waals surface area contributed by atoms with E-state index in [1.54, 1.807) is 0 Å². The van der Waals surface area contributed by atoms with E-state index in [0.29, 0.717) is 24.8 Å². The minimum absolute atomic E-state index is 0.482. The third kappa shape index (κ3) is 4.12. The topological polar surface area (TPSA) is 27.7 Å². The van der Waals surface area contributed by atoms with Crippen molar-refractivity contribution < 1.29 is 14.2 Å². The predicted molar refractivity (Wildman–Crippen MR) is 101 cm³/mol. The molecule has 2 rings (SSSR count). The largest absolute Gasteiger partial charge is 0.494 e. The Balaban J connectivity index is 2.59. The fraction of sp³-hybridized carbons (Fsp3) is 0.368. The molecule has 0 aliphatic rings. The molecule has 2 aromatic carbocycles. The van der Waals surface area contributed by atoms with Gasteiger partial charge in [-0.2, -0.15) is 0 Å². The standard InChI is InChI=1S/C19H22BrClO3/c1-4-22-16-10-7-14(8-11-16)19(23-5-2,24-6-3)17-13-15(20)9-12-18(17)21/h7-13H,4-6H2,1-3H3. The fourth-order valence-corrected chi connectivity index (χ4v) is 3.22. The maximum atomic E-state index is 6.48. The van der Waals surface area contributed by atoms with E-state index in [2.05, 4.69) is 15.9 Å². The Morgan fingerprint density at radius 1 is 0.917 bits per heavy atom. The summed E-state index contributed by atoms with van der Waals surface area (Å²) in [4.78, 5) is 0. The minimum atomic E-state index is -1.06. The lowest BCUT2D eigenvalue weighted by Gasteiger charge is -2.35. The molecule has 0 amide bonds. The van der Waals surface area contributed by atoms with Gasteiger partial charge in [-0.3, -0.25) is 0 Å². The fourth-order valence-electron chi connectivity index (χ4n) is 2.61. The van der Waals surface area contributed by atoms with Crippen LogP contribution in [0, 0.1) is 0 Å². The van der Waals surface area contributed by atoms with Gasteiger partial charge in [-0.15, -0.1) is 0 Å². The Labute approximate surface area is 157 Å². The van der Waals surface area contributed by atoms with Crippen LogP contribution >= 0.6 is 27.5 Å². The first-order valence-electron chi connectivity index (χ1n) is 8.04. The number of ether oxygens (including phenoxy) is 3. The van der Waals surface area contributed by atoms with Gasteiger partial charge in [-0.05, 0) is 63.2 Å². The van der Waals surface area contributed by atoms with Crippen LogP contribution in [0.3, 0.4) is 0 Å². The molecule has 3 nitrogen and oxygen atoms in total. The van der Waals surface area contributed by atoms with Crippen molar-refractivity contribution in [2.24, 2.45) is 0 Å². The number of hydrogen-bond acceptors (Lipinski definition) is 3. The normalized spacial score (nSPS) is 11.5. The monoisotopic (exact) mass is 412 g/mol. The number of benzene rings is 2. The van der Waals surface area contributed by atoms with E-state index in [-0.39, 0.29) is 0 Å². The van der Waals surface area contributed by atoms with Crippen molar-refractivity contribution in [1.82, 2.24) is 0 Å². The summed E-state index contributed by atoms with van der Waals surface area (Å²) in [6.45, 7) is 7.42. The van der Waals surface area contributed by atoms with Crippen molar-refractivity contribution in [2.45, 2.75) is 26.6 Å². The molecule has 0 radical (unpaired) electrons. The van der Waals surface area contributed by atoms with Gasteiger partial charge in [0.2, 0.25) is 5.79 Å². The Morgan fingerprint density at radius 3 is 2.08 bits per heavy atom. The van der Waals surface area contributed by atoms with Crippen molar-refractivity contribution in [1.29, 1.82) is 0 Å². The molecule has 0 N–H and O–H groups in total. The quantitative estimate of drug-likeness (QED) is 0.514. The predicted octanol–water partition coefficient (Wildman–Crippen LogP) is 5.78. The zero-order valence-corrected chi connectivity index (χ0v) is 16.5. The van der Waals surface area contributed by atoms with Crippen molar-refractivity contribution >= 4 is 27.5 Å². The van der Waals surface area contributed by atoms with E-state index >= 15 is 0 Å². The van der Waals surface area contributed by atoms with Gasteiger partial charge in [-0.1, -0.05) is 27.5 Å². The third-order valence-corrected chi connectivity index (χ3v) is 4.35. The van der Waals surface area contributed by atoms with E-state index in [4.69, 9.17) is 25.8 Å². The lowest BCUT2D eigenvalue weighted by molar-refractivity contribution is -0.212. The van der Waals surface area contributed by atoms with Crippen LogP contribution in [0.25, 0.3) is 0 Å². The zero-order valence-electron chi connectivity index (χ0n) is 14.1. The van der Waals surface area contributed by atoms with Crippen molar-refractivity contribution in [3.8, 4) is 5.75 Å². The van der Waals surface area contributed by atoms with Crippen LogP contribution in [0.5, 0.6) is 5.75 Å². The molecular formula is C19H22BrClO3. The molecular weight excluding hydrogens is 392 g/mol. The van der Waals surface area contributed by atoms with Crippen LogP contribution in [0.15, 0.2) is 46.9 Å². The van der Waals surface area contributed by atoms with Crippen molar-refractivity contribution in [2.75, 3.05) is 19.8 Å². The van der Waals surface area contributed by atoms with Gasteiger partial charge < -0.3 is 14.2 Å². The molecule has 0 bridgehead atoms. The third-order valence-electron chi connectivity index (χ3n) is 3.52. The first kappa shape index (κ1) is 19.3. The van der Waals surface area contributed by atoms with Crippen LogP contribution in [0.1, 0.15) is 31.9 Å². The van der Waals surface area contributed by atoms with Crippen LogP contribution in [-0.4, -0.2) is 19.8 Å². The lowest BCUT2D eigenvalue weighted by atomic mass is 9.96. The molecule has 0 atom stereocenters. The molecule has 5 heteroatoms. The van der Waals surface area contributed by atoms with Gasteiger partial charge in [0.1, 0.15) is 5.75 Å². The van der Waals surface area contributed by atoms with E-state index in [1.807, 2.05) is 63.2 Å². The SMILES string of the molecule is CCOc1ccc(C(OCC)(OCC)c2cc(Br)ccc2Cl)cc1. The molecule has 0 fully saturated rings. The summed E-state index contributed by atoms with van der Waals surface area (Å²) in [7, 11) is 0. The second-order valence-corrected chi connectivity index (χ2v) is 6.39. The highest BCUT2D eigenvalue weighted by molar-refractivity contribution is 9.10.